The molecule has 0 radical (unpaired) electrons. The summed E-state index contributed by atoms with van der Waals surface area (Å²) in [4.78, 5) is 8.68. The van der Waals surface area contributed by atoms with Crippen molar-refractivity contribution in [2.24, 2.45) is 0 Å². The lowest BCUT2D eigenvalue weighted by Crippen LogP contribution is -2.16. The summed E-state index contributed by atoms with van der Waals surface area (Å²) < 4.78 is 31.3. The highest BCUT2D eigenvalue weighted by molar-refractivity contribution is 7.91. The lowest BCUT2D eigenvalue weighted by molar-refractivity contribution is 0.281. The average Bonchev–Trinajstić information content (AvgIpc) is 3.24. The van der Waals surface area contributed by atoms with Gasteiger partial charge in [0.1, 0.15) is 12.4 Å². The Balaban J connectivity index is 1.65. The van der Waals surface area contributed by atoms with Crippen LogP contribution in [0.2, 0.25) is 0 Å². The van der Waals surface area contributed by atoms with Crippen molar-refractivity contribution in [2.45, 2.75) is 19.1 Å². The van der Waals surface area contributed by atoms with E-state index in [1.807, 2.05) is 42.5 Å². The van der Waals surface area contributed by atoms with Crippen LogP contribution in [0.5, 0.6) is 5.75 Å². The highest BCUT2D eigenvalue weighted by Gasteiger charge is 2.32. The van der Waals surface area contributed by atoms with Crippen molar-refractivity contribution in [2.75, 3.05) is 11.5 Å². The van der Waals surface area contributed by atoms with Crippen LogP contribution < -0.4 is 4.74 Å². The molecule has 0 N–H and O–H groups in total. The fourth-order valence-corrected chi connectivity index (χ4v) is 4.69. The zero-order valence-electron chi connectivity index (χ0n) is 14.0. The van der Waals surface area contributed by atoms with Gasteiger partial charge in [-0.25, -0.2) is 18.1 Å². The van der Waals surface area contributed by atoms with Crippen LogP contribution in [0, 0.1) is 0 Å². The van der Waals surface area contributed by atoms with Crippen LogP contribution >= 0.6 is 0 Å². The Bertz CT molecular complexity index is 988. The zero-order chi connectivity index (χ0) is 18.0. The second kappa shape index (κ2) is 6.87. The van der Waals surface area contributed by atoms with Gasteiger partial charge in [0, 0.05) is 18.0 Å². The summed E-state index contributed by atoms with van der Waals surface area (Å²) in [6, 6.07) is 12.9. The number of pyridine rings is 1. The molecule has 2 aromatic heterocycles. The number of sulfone groups is 1. The van der Waals surface area contributed by atoms with Crippen molar-refractivity contribution in [1.82, 2.24) is 19.7 Å². The van der Waals surface area contributed by atoms with Gasteiger partial charge >= 0.3 is 0 Å². The van der Waals surface area contributed by atoms with E-state index in [1.165, 1.54) is 0 Å². The molecule has 0 bridgehead atoms. The van der Waals surface area contributed by atoms with Crippen LogP contribution in [-0.2, 0) is 16.4 Å². The monoisotopic (exact) mass is 370 g/mol. The van der Waals surface area contributed by atoms with Crippen LogP contribution in [0.25, 0.3) is 11.4 Å². The van der Waals surface area contributed by atoms with Gasteiger partial charge in [-0.1, -0.05) is 18.2 Å². The Labute approximate surface area is 151 Å². The first-order valence-corrected chi connectivity index (χ1v) is 10.2. The van der Waals surface area contributed by atoms with Crippen molar-refractivity contribution in [3.8, 4) is 17.1 Å². The standard InChI is InChI=1S/C18H18N4O3S/c23-26(24)10-8-15(13-26)22-17(12-25-16-6-2-1-3-7-16)20-18(21-22)14-5-4-9-19-11-14/h1-7,9,11,15H,8,10,12-13H2. The van der Waals surface area contributed by atoms with Crippen molar-refractivity contribution in [3.63, 3.8) is 0 Å². The summed E-state index contributed by atoms with van der Waals surface area (Å²) in [5.74, 6) is 2.12. The van der Waals surface area contributed by atoms with E-state index >= 15 is 0 Å². The average molecular weight is 370 g/mol. The molecule has 8 heteroatoms. The third-order valence-corrected chi connectivity index (χ3v) is 6.04. The van der Waals surface area contributed by atoms with Crippen LogP contribution in [0.15, 0.2) is 54.9 Å². The summed E-state index contributed by atoms with van der Waals surface area (Å²) in [6.07, 6.45) is 3.91. The number of hydrogen-bond donors (Lipinski definition) is 0. The predicted molar refractivity (Wildman–Crippen MR) is 96.3 cm³/mol. The summed E-state index contributed by atoms with van der Waals surface area (Å²) in [5, 5.41) is 4.56. The number of rotatable bonds is 5. The Morgan fingerprint density at radius 3 is 2.69 bits per heavy atom. The maximum atomic E-state index is 11.9. The molecule has 3 aromatic rings. The molecular weight excluding hydrogens is 352 g/mol. The first-order chi connectivity index (χ1) is 12.6. The molecule has 0 saturated carbocycles. The molecule has 134 valence electrons. The molecule has 0 amide bonds. The van der Waals surface area contributed by atoms with E-state index in [4.69, 9.17) is 4.74 Å². The molecule has 4 rings (SSSR count). The minimum absolute atomic E-state index is 0.0845. The van der Waals surface area contributed by atoms with E-state index in [0.717, 1.165) is 11.3 Å². The van der Waals surface area contributed by atoms with Crippen LogP contribution in [-0.4, -0.2) is 39.7 Å². The Hall–Kier alpha value is -2.74. The van der Waals surface area contributed by atoms with E-state index in [-0.39, 0.29) is 24.2 Å². The van der Waals surface area contributed by atoms with E-state index in [9.17, 15) is 8.42 Å². The fourth-order valence-electron chi connectivity index (χ4n) is 3.00. The lowest BCUT2D eigenvalue weighted by Gasteiger charge is -2.12. The summed E-state index contributed by atoms with van der Waals surface area (Å²) in [6.45, 7) is 0.216. The Morgan fingerprint density at radius 1 is 1.15 bits per heavy atom. The molecular formula is C18H18N4O3S. The first-order valence-electron chi connectivity index (χ1n) is 8.35. The molecule has 1 saturated heterocycles. The number of nitrogens with zero attached hydrogens (tertiary/aromatic N) is 4. The van der Waals surface area contributed by atoms with E-state index in [2.05, 4.69) is 15.1 Å². The molecule has 0 aliphatic carbocycles. The maximum absolute atomic E-state index is 11.9. The highest BCUT2D eigenvalue weighted by atomic mass is 32.2. The van der Waals surface area contributed by atoms with Gasteiger partial charge in [-0.05, 0) is 30.7 Å². The van der Waals surface area contributed by atoms with Gasteiger partial charge in [0.25, 0.3) is 0 Å². The maximum Gasteiger partial charge on any atom is 0.183 e. The van der Waals surface area contributed by atoms with Gasteiger partial charge in [-0.2, -0.15) is 5.10 Å². The molecule has 1 aliphatic rings. The van der Waals surface area contributed by atoms with Crippen LogP contribution in [0.3, 0.4) is 0 Å². The summed E-state index contributed by atoms with van der Waals surface area (Å²) >= 11 is 0. The lowest BCUT2D eigenvalue weighted by atomic mass is 10.3. The summed E-state index contributed by atoms with van der Waals surface area (Å²) in [7, 11) is -3.02. The Morgan fingerprint density at radius 2 is 2.00 bits per heavy atom. The molecule has 1 unspecified atom stereocenters. The minimum Gasteiger partial charge on any atom is -0.486 e. The largest absolute Gasteiger partial charge is 0.486 e. The van der Waals surface area contributed by atoms with Crippen molar-refractivity contribution in [1.29, 1.82) is 0 Å². The predicted octanol–water partition coefficient (Wildman–Crippen LogP) is 2.28. The molecule has 1 atom stereocenters. The van der Waals surface area contributed by atoms with Gasteiger partial charge in [0.2, 0.25) is 0 Å². The van der Waals surface area contributed by atoms with Crippen molar-refractivity contribution in [3.05, 3.63) is 60.7 Å². The van der Waals surface area contributed by atoms with E-state index in [1.54, 1.807) is 17.1 Å². The number of para-hydroxylation sites is 1. The SMILES string of the molecule is O=S1(=O)CCC(n2nc(-c3cccnc3)nc2COc2ccccc2)C1. The van der Waals surface area contributed by atoms with Gasteiger partial charge in [0.15, 0.2) is 21.5 Å². The molecule has 0 spiro atoms. The first kappa shape index (κ1) is 16.7. The van der Waals surface area contributed by atoms with E-state index in [0.29, 0.717) is 18.1 Å². The molecule has 7 nitrogen and oxygen atoms in total. The van der Waals surface area contributed by atoms with Crippen LogP contribution in [0.1, 0.15) is 18.3 Å². The molecule has 3 heterocycles. The number of ether oxygens (including phenoxy) is 1. The number of hydrogen-bond acceptors (Lipinski definition) is 6. The molecule has 1 fully saturated rings. The second-order valence-electron chi connectivity index (χ2n) is 6.20. The third-order valence-electron chi connectivity index (χ3n) is 4.29. The number of benzene rings is 1. The minimum atomic E-state index is -3.02. The van der Waals surface area contributed by atoms with E-state index < -0.39 is 9.84 Å². The Kier molecular flexibility index (Phi) is 4.42. The van der Waals surface area contributed by atoms with Crippen LogP contribution in [0.4, 0.5) is 0 Å². The molecule has 26 heavy (non-hydrogen) atoms. The molecule has 1 aliphatic heterocycles. The summed E-state index contributed by atoms with van der Waals surface area (Å²) in [5.41, 5.74) is 0.785. The van der Waals surface area contributed by atoms with Gasteiger partial charge < -0.3 is 4.74 Å². The van der Waals surface area contributed by atoms with Gasteiger partial charge in [0.05, 0.1) is 17.5 Å². The highest BCUT2D eigenvalue weighted by Crippen LogP contribution is 2.26. The zero-order valence-corrected chi connectivity index (χ0v) is 14.8. The molecule has 1 aromatic carbocycles. The number of aromatic nitrogens is 4. The third kappa shape index (κ3) is 3.60. The quantitative estimate of drug-likeness (QED) is 0.685. The smallest absolute Gasteiger partial charge is 0.183 e. The normalized spacial score (nSPS) is 18.7. The van der Waals surface area contributed by atoms with Gasteiger partial charge in [-0.3, -0.25) is 4.98 Å². The topological polar surface area (TPSA) is 87.0 Å². The van der Waals surface area contributed by atoms with Crippen molar-refractivity contribution < 1.29 is 13.2 Å². The van der Waals surface area contributed by atoms with Gasteiger partial charge in [-0.15, -0.1) is 0 Å². The second-order valence-corrected chi connectivity index (χ2v) is 8.43. The fraction of sp³-hybridized carbons (Fsp3) is 0.278. The van der Waals surface area contributed by atoms with Crippen molar-refractivity contribution >= 4 is 9.84 Å².